The Morgan fingerprint density at radius 3 is 2.44 bits per heavy atom. The lowest BCUT2D eigenvalue weighted by Crippen LogP contribution is -2.44. The number of likely N-dealkylation sites (tertiary alicyclic amines) is 1. The Labute approximate surface area is 150 Å². The van der Waals surface area contributed by atoms with Gasteiger partial charge in [0.25, 0.3) is 5.91 Å². The van der Waals surface area contributed by atoms with Gasteiger partial charge in [-0.15, -0.1) is 11.3 Å². The summed E-state index contributed by atoms with van der Waals surface area (Å²) in [5, 5.41) is 1.89. The first-order valence-corrected chi connectivity index (χ1v) is 9.38. The fourth-order valence-electron chi connectivity index (χ4n) is 3.19. The van der Waals surface area contributed by atoms with E-state index < -0.39 is 0 Å². The van der Waals surface area contributed by atoms with Crippen LogP contribution in [0.5, 0.6) is 0 Å². The molecule has 1 fully saturated rings. The average Bonchev–Trinajstić information content (AvgIpc) is 3.18. The van der Waals surface area contributed by atoms with Crippen LogP contribution in [0.1, 0.15) is 29.4 Å². The van der Waals surface area contributed by atoms with Gasteiger partial charge in [-0.2, -0.15) is 0 Å². The van der Waals surface area contributed by atoms with Crippen LogP contribution in [0.3, 0.4) is 0 Å². The highest BCUT2D eigenvalue weighted by molar-refractivity contribution is 7.12. The van der Waals surface area contributed by atoms with E-state index in [4.69, 9.17) is 0 Å². The van der Waals surface area contributed by atoms with Gasteiger partial charge in [0, 0.05) is 31.2 Å². The van der Waals surface area contributed by atoms with Crippen molar-refractivity contribution >= 4 is 28.8 Å². The SMILES string of the molecule is CCN(C(=O)C1CCN(C(=O)c2cccs2)CC1)c1ccc(F)cc1. The van der Waals surface area contributed by atoms with Gasteiger partial charge in [-0.25, -0.2) is 4.39 Å². The zero-order valence-electron chi connectivity index (χ0n) is 14.2. The fraction of sp³-hybridized carbons (Fsp3) is 0.368. The van der Waals surface area contributed by atoms with Crippen LogP contribution in [0.15, 0.2) is 41.8 Å². The molecule has 0 aliphatic carbocycles. The lowest BCUT2D eigenvalue weighted by Gasteiger charge is -2.34. The van der Waals surface area contributed by atoms with E-state index in [0.29, 0.717) is 38.2 Å². The van der Waals surface area contributed by atoms with Crippen LogP contribution in [0.2, 0.25) is 0 Å². The maximum absolute atomic E-state index is 13.1. The Morgan fingerprint density at radius 1 is 1.20 bits per heavy atom. The highest BCUT2D eigenvalue weighted by Crippen LogP contribution is 2.25. The number of hydrogen-bond acceptors (Lipinski definition) is 3. The summed E-state index contributed by atoms with van der Waals surface area (Å²) in [4.78, 5) is 29.5. The molecule has 2 heterocycles. The third-order valence-corrected chi connectivity index (χ3v) is 5.44. The Kier molecular flexibility index (Phi) is 5.48. The molecule has 0 atom stereocenters. The van der Waals surface area contributed by atoms with Crippen LogP contribution in [-0.2, 0) is 4.79 Å². The van der Waals surface area contributed by atoms with E-state index in [1.54, 1.807) is 17.0 Å². The second-order valence-electron chi connectivity index (χ2n) is 6.10. The molecule has 2 aromatic rings. The van der Waals surface area contributed by atoms with E-state index in [1.165, 1.54) is 23.5 Å². The van der Waals surface area contributed by atoms with Crippen molar-refractivity contribution in [3.63, 3.8) is 0 Å². The monoisotopic (exact) mass is 360 g/mol. The van der Waals surface area contributed by atoms with Crippen molar-refractivity contribution in [3.8, 4) is 0 Å². The van der Waals surface area contributed by atoms with Crippen LogP contribution in [0, 0.1) is 11.7 Å². The molecule has 3 rings (SSSR count). The first-order chi connectivity index (χ1) is 12.1. The van der Waals surface area contributed by atoms with Crippen LogP contribution < -0.4 is 4.90 Å². The summed E-state index contributed by atoms with van der Waals surface area (Å²) in [5.74, 6) is -0.311. The molecule has 132 valence electrons. The second-order valence-corrected chi connectivity index (χ2v) is 7.05. The summed E-state index contributed by atoms with van der Waals surface area (Å²) >= 11 is 1.44. The van der Waals surface area contributed by atoms with Crippen LogP contribution in [0.25, 0.3) is 0 Å². The van der Waals surface area contributed by atoms with Crippen molar-refractivity contribution < 1.29 is 14.0 Å². The summed E-state index contributed by atoms with van der Waals surface area (Å²) in [6.07, 6.45) is 1.32. The van der Waals surface area contributed by atoms with Gasteiger partial charge in [-0.05, 0) is 55.5 Å². The van der Waals surface area contributed by atoms with E-state index in [1.807, 2.05) is 29.3 Å². The first kappa shape index (κ1) is 17.6. The molecule has 1 aliphatic heterocycles. The zero-order chi connectivity index (χ0) is 17.8. The summed E-state index contributed by atoms with van der Waals surface area (Å²) in [5.41, 5.74) is 0.714. The molecule has 0 N–H and O–H groups in total. The minimum atomic E-state index is -0.312. The molecule has 0 unspecified atom stereocenters. The Hall–Kier alpha value is -2.21. The molecular weight excluding hydrogens is 339 g/mol. The van der Waals surface area contributed by atoms with E-state index in [0.717, 1.165) is 4.88 Å². The molecule has 0 saturated carbocycles. The molecule has 1 aliphatic rings. The number of amides is 2. The van der Waals surface area contributed by atoms with E-state index in [2.05, 4.69) is 0 Å². The molecule has 1 aromatic heterocycles. The van der Waals surface area contributed by atoms with Gasteiger partial charge in [0.15, 0.2) is 0 Å². The van der Waals surface area contributed by atoms with E-state index >= 15 is 0 Å². The third kappa shape index (κ3) is 3.90. The highest BCUT2D eigenvalue weighted by atomic mass is 32.1. The second kappa shape index (κ2) is 7.78. The quantitative estimate of drug-likeness (QED) is 0.832. The van der Waals surface area contributed by atoms with Gasteiger partial charge < -0.3 is 9.80 Å². The lowest BCUT2D eigenvalue weighted by molar-refractivity contribution is -0.123. The Bertz CT molecular complexity index is 722. The smallest absolute Gasteiger partial charge is 0.263 e. The molecule has 2 amide bonds. The molecule has 1 aromatic carbocycles. The summed E-state index contributed by atoms with van der Waals surface area (Å²) < 4.78 is 13.1. The van der Waals surface area contributed by atoms with Crippen molar-refractivity contribution in [2.24, 2.45) is 5.92 Å². The minimum Gasteiger partial charge on any atom is -0.338 e. The number of hydrogen-bond donors (Lipinski definition) is 0. The van der Waals surface area contributed by atoms with Gasteiger partial charge in [0.1, 0.15) is 5.82 Å². The minimum absolute atomic E-state index is 0.0479. The van der Waals surface area contributed by atoms with Gasteiger partial charge in [-0.3, -0.25) is 9.59 Å². The third-order valence-electron chi connectivity index (χ3n) is 4.58. The van der Waals surface area contributed by atoms with Gasteiger partial charge in [0.05, 0.1) is 4.88 Å². The number of carbonyl (C=O) groups is 2. The molecule has 0 bridgehead atoms. The molecule has 1 saturated heterocycles. The molecule has 4 nitrogen and oxygen atoms in total. The lowest BCUT2D eigenvalue weighted by atomic mass is 9.95. The number of nitrogens with zero attached hydrogens (tertiary/aromatic N) is 2. The van der Waals surface area contributed by atoms with Crippen molar-refractivity contribution in [2.75, 3.05) is 24.5 Å². The van der Waals surface area contributed by atoms with Gasteiger partial charge in [-0.1, -0.05) is 6.07 Å². The normalized spacial score (nSPS) is 15.2. The predicted octanol–water partition coefficient (Wildman–Crippen LogP) is 3.79. The Balaban J connectivity index is 1.62. The van der Waals surface area contributed by atoms with Crippen molar-refractivity contribution in [1.82, 2.24) is 4.90 Å². The number of benzene rings is 1. The van der Waals surface area contributed by atoms with Crippen LogP contribution >= 0.6 is 11.3 Å². The van der Waals surface area contributed by atoms with Crippen LogP contribution in [-0.4, -0.2) is 36.3 Å². The fourth-order valence-corrected chi connectivity index (χ4v) is 3.88. The number of rotatable bonds is 4. The van der Waals surface area contributed by atoms with E-state index in [-0.39, 0.29) is 23.5 Å². The average molecular weight is 360 g/mol. The summed E-state index contributed by atoms with van der Waals surface area (Å²) in [6.45, 7) is 3.64. The maximum atomic E-state index is 13.1. The Morgan fingerprint density at radius 2 is 1.88 bits per heavy atom. The highest BCUT2D eigenvalue weighted by Gasteiger charge is 2.30. The van der Waals surface area contributed by atoms with Crippen molar-refractivity contribution in [3.05, 3.63) is 52.5 Å². The van der Waals surface area contributed by atoms with Gasteiger partial charge in [0.2, 0.25) is 5.91 Å². The van der Waals surface area contributed by atoms with Gasteiger partial charge >= 0.3 is 0 Å². The maximum Gasteiger partial charge on any atom is 0.263 e. The zero-order valence-corrected chi connectivity index (χ0v) is 15.0. The molecule has 0 radical (unpaired) electrons. The van der Waals surface area contributed by atoms with Crippen molar-refractivity contribution in [2.45, 2.75) is 19.8 Å². The largest absolute Gasteiger partial charge is 0.338 e. The first-order valence-electron chi connectivity index (χ1n) is 8.50. The number of halogens is 1. The molecule has 6 heteroatoms. The predicted molar refractivity (Wildman–Crippen MR) is 97.4 cm³/mol. The number of carbonyl (C=O) groups excluding carboxylic acids is 2. The molecule has 0 spiro atoms. The van der Waals surface area contributed by atoms with E-state index in [9.17, 15) is 14.0 Å². The summed E-state index contributed by atoms with van der Waals surface area (Å²) in [7, 11) is 0. The topological polar surface area (TPSA) is 40.6 Å². The molecule has 25 heavy (non-hydrogen) atoms. The van der Waals surface area contributed by atoms with Crippen molar-refractivity contribution in [1.29, 1.82) is 0 Å². The summed E-state index contributed by atoms with van der Waals surface area (Å²) in [6, 6.07) is 9.70. The number of thiophene rings is 1. The van der Waals surface area contributed by atoms with Crippen LogP contribution in [0.4, 0.5) is 10.1 Å². The number of anilines is 1. The number of piperidine rings is 1. The molecular formula is C19H21FN2O2S. The standard InChI is InChI=1S/C19H21FN2O2S/c1-2-22(16-7-5-15(20)6-8-16)18(23)14-9-11-21(12-10-14)19(24)17-4-3-13-25-17/h3-8,13-14H,2,9-12H2,1H3.